The second kappa shape index (κ2) is 6.27. The van der Waals surface area contributed by atoms with E-state index in [0.29, 0.717) is 6.42 Å². The van der Waals surface area contributed by atoms with Crippen molar-refractivity contribution in [3.63, 3.8) is 0 Å². The number of rotatable bonds is 3. The molecule has 2 aromatic rings. The summed E-state index contributed by atoms with van der Waals surface area (Å²) in [7, 11) is 0. The first-order valence-electron chi connectivity index (χ1n) is 7.37. The Balaban J connectivity index is 1.66. The number of hydrogen-bond donors (Lipinski definition) is 3. The predicted molar refractivity (Wildman–Crippen MR) is 85.7 cm³/mol. The number of carbonyl (C=O) groups excluding carboxylic acids is 2. The van der Waals surface area contributed by atoms with Crippen LogP contribution in [0.15, 0.2) is 36.4 Å². The van der Waals surface area contributed by atoms with Gasteiger partial charge in [-0.15, -0.1) is 0 Å². The fourth-order valence-corrected chi connectivity index (χ4v) is 2.59. The van der Waals surface area contributed by atoms with E-state index in [4.69, 9.17) is 0 Å². The molecule has 0 aliphatic carbocycles. The molecule has 0 bridgehead atoms. The Morgan fingerprint density at radius 2 is 1.88 bits per heavy atom. The second-order valence-corrected chi connectivity index (χ2v) is 5.62. The maximum absolute atomic E-state index is 13.1. The molecule has 1 heterocycles. The first-order chi connectivity index (χ1) is 11.4. The molecule has 3 rings (SSSR count). The molecule has 2 aromatic carbocycles. The lowest BCUT2D eigenvalue weighted by atomic mass is 10.0. The molecule has 0 fully saturated rings. The molecule has 1 aliphatic heterocycles. The highest BCUT2D eigenvalue weighted by molar-refractivity contribution is 5.99. The number of benzene rings is 2. The molecule has 3 amide bonds. The van der Waals surface area contributed by atoms with Gasteiger partial charge in [-0.1, -0.05) is 12.1 Å². The third-order valence-corrected chi connectivity index (χ3v) is 3.72. The van der Waals surface area contributed by atoms with Gasteiger partial charge in [-0.3, -0.25) is 4.79 Å². The molecule has 7 heteroatoms. The fraction of sp³-hybridized carbons (Fsp3) is 0.176. The molecule has 124 valence electrons. The standard InChI is InChI=1S/C17H15F2N3O2/c1-9(10-2-3-15-11(4-10)5-16(23)22-15)20-17(24)21-14-7-12(18)6-13(19)8-14/h2-4,6-9H,5H2,1H3,(H,22,23)(H2,20,21,24)/t9-/m0/s1. The zero-order valence-electron chi connectivity index (χ0n) is 12.8. The van der Waals surface area contributed by atoms with Crippen LogP contribution < -0.4 is 16.0 Å². The minimum absolute atomic E-state index is 0.0287. The predicted octanol–water partition coefficient (Wildman–Crippen LogP) is 3.34. The minimum Gasteiger partial charge on any atom is -0.331 e. The SMILES string of the molecule is C[C@H](NC(=O)Nc1cc(F)cc(F)c1)c1ccc2c(c1)CC(=O)N2. The van der Waals surface area contributed by atoms with Crippen LogP contribution in [0.1, 0.15) is 24.1 Å². The van der Waals surface area contributed by atoms with Gasteiger partial charge in [0.1, 0.15) is 11.6 Å². The zero-order chi connectivity index (χ0) is 17.3. The van der Waals surface area contributed by atoms with Crippen molar-refractivity contribution in [2.45, 2.75) is 19.4 Å². The fourth-order valence-electron chi connectivity index (χ4n) is 2.59. The molecule has 24 heavy (non-hydrogen) atoms. The number of halogens is 2. The second-order valence-electron chi connectivity index (χ2n) is 5.62. The maximum atomic E-state index is 13.1. The van der Waals surface area contributed by atoms with E-state index >= 15 is 0 Å². The summed E-state index contributed by atoms with van der Waals surface area (Å²) in [6.07, 6.45) is 0.310. The van der Waals surface area contributed by atoms with Crippen LogP contribution in [-0.2, 0) is 11.2 Å². The highest BCUT2D eigenvalue weighted by Gasteiger charge is 2.19. The van der Waals surface area contributed by atoms with Gasteiger partial charge in [-0.25, -0.2) is 13.6 Å². The zero-order valence-corrected chi connectivity index (χ0v) is 12.8. The van der Waals surface area contributed by atoms with Crippen LogP contribution in [0.4, 0.5) is 25.0 Å². The van der Waals surface area contributed by atoms with Gasteiger partial charge < -0.3 is 16.0 Å². The van der Waals surface area contributed by atoms with Crippen LogP contribution in [0.25, 0.3) is 0 Å². The van der Waals surface area contributed by atoms with Gasteiger partial charge in [-0.05, 0) is 36.2 Å². The molecule has 0 spiro atoms. The van der Waals surface area contributed by atoms with E-state index < -0.39 is 17.7 Å². The van der Waals surface area contributed by atoms with E-state index in [0.717, 1.165) is 35.0 Å². The lowest BCUT2D eigenvalue weighted by molar-refractivity contribution is -0.115. The summed E-state index contributed by atoms with van der Waals surface area (Å²) in [4.78, 5) is 23.3. The summed E-state index contributed by atoms with van der Waals surface area (Å²) in [6, 6.07) is 7.29. The Kier molecular flexibility index (Phi) is 4.16. The Morgan fingerprint density at radius 1 is 1.17 bits per heavy atom. The lowest BCUT2D eigenvalue weighted by Crippen LogP contribution is -2.31. The van der Waals surface area contributed by atoms with Crippen LogP contribution in [0.2, 0.25) is 0 Å². The van der Waals surface area contributed by atoms with Crippen LogP contribution >= 0.6 is 0 Å². The van der Waals surface area contributed by atoms with Gasteiger partial charge in [-0.2, -0.15) is 0 Å². The Labute approximate surface area is 137 Å². The van der Waals surface area contributed by atoms with E-state index in [1.807, 2.05) is 6.07 Å². The number of amides is 3. The molecule has 0 saturated heterocycles. The smallest absolute Gasteiger partial charge is 0.319 e. The topological polar surface area (TPSA) is 70.2 Å². The van der Waals surface area contributed by atoms with Gasteiger partial charge in [0.05, 0.1) is 12.5 Å². The summed E-state index contributed by atoms with van der Waals surface area (Å²) in [5.74, 6) is -1.60. The summed E-state index contributed by atoms with van der Waals surface area (Å²) >= 11 is 0. The van der Waals surface area contributed by atoms with E-state index in [1.54, 1.807) is 19.1 Å². The van der Waals surface area contributed by atoms with E-state index in [-0.39, 0.29) is 17.6 Å². The summed E-state index contributed by atoms with van der Waals surface area (Å²) in [5, 5.41) is 7.81. The molecule has 5 nitrogen and oxygen atoms in total. The Bertz CT molecular complexity index is 803. The van der Waals surface area contributed by atoms with E-state index in [1.165, 1.54) is 0 Å². The number of urea groups is 1. The third-order valence-electron chi connectivity index (χ3n) is 3.72. The van der Waals surface area contributed by atoms with Crippen LogP contribution in [0.5, 0.6) is 0 Å². The average Bonchev–Trinajstić information content (AvgIpc) is 2.84. The Hall–Kier alpha value is -2.96. The Morgan fingerprint density at radius 3 is 2.58 bits per heavy atom. The maximum Gasteiger partial charge on any atom is 0.319 e. The monoisotopic (exact) mass is 331 g/mol. The van der Waals surface area contributed by atoms with Crippen molar-refractivity contribution in [2.24, 2.45) is 0 Å². The van der Waals surface area contributed by atoms with Crippen molar-refractivity contribution in [2.75, 3.05) is 10.6 Å². The van der Waals surface area contributed by atoms with Gasteiger partial charge in [0.25, 0.3) is 0 Å². The van der Waals surface area contributed by atoms with Crippen LogP contribution in [-0.4, -0.2) is 11.9 Å². The van der Waals surface area contributed by atoms with E-state index in [2.05, 4.69) is 16.0 Å². The number of fused-ring (bicyclic) bond motifs is 1. The van der Waals surface area contributed by atoms with Crippen molar-refractivity contribution in [1.82, 2.24) is 5.32 Å². The highest BCUT2D eigenvalue weighted by Crippen LogP contribution is 2.26. The van der Waals surface area contributed by atoms with Crippen molar-refractivity contribution < 1.29 is 18.4 Å². The van der Waals surface area contributed by atoms with Crippen molar-refractivity contribution in [3.05, 3.63) is 59.2 Å². The quantitative estimate of drug-likeness (QED) is 0.807. The highest BCUT2D eigenvalue weighted by atomic mass is 19.1. The van der Waals surface area contributed by atoms with Gasteiger partial charge in [0.2, 0.25) is 5.91 Å². The molecule has 0 radical (unpaired) electrons. The summed E-state index contributed by atoms with van der Waals surface area (Å²) in [5.41, 5.74) is 2.50. The summed E-state index contributed by atoms with van der Waals surface area (Å²) in [6.45, 7) is 1.78. The van der Waals surface area contributed by atoms with Gasteiger partial charge in [0, 0.05) is 17.4 Å². The molecule has 0 saturated carbocycles. The molecular weight excluding hydrogens is 316 g/mol. The molecular formula is C17H15F2N3O2. The number of anilines is 2. The van der Waals surface area contributed by atoms with Crippen molar-refractivity contribution in [1.29, 1.82) is 0 Å². The van der Waals surface area contributed by atoms with Crippen molar-refractivity contribution in [3.8, 4) is 0 Å². The first kappa shape index (κ1) is 15.9. The molecule has 1 atom stereocenters. The summed E-state index contributed by atoms with van der Waals surface area (Å²) < 4.78 is 26.2. The normalized spacial score (nSPS) is 13.9. The average molecular weight is 331 g/mol. The molecule has 0 unspecified atom stereocenters. The number of nitrogens with one attached hydrogen (secondary N) is 3. The van der Waals surface area contributed by atoms with Gasteiger partial charge in [0.15, 0.2) is 0 Å². The molecule has 3 N–H and O–H groups in total. The molecule has 1 aliphatic rings. The third kappa shape index (κ3) is 3.51. The van der Waals surface area contributed by atoms with Crippen LogP contribution in [0, 0.1) is 11.6 Å². The number of carbonyl (C=O) groups is 2. The molecule has 0 aromatic heterocycles. The first-order valence-corrected chi connectivity index (χ1v) is 7.37. The van der Waals surface area contributed by atoms with Crippen LogP contribution in [0.3, 0.4) is 0 Å². The van der Waals surface area contributed by atoms with E-state index in [9.17, 15) is 18.4 Å². The lowest BCUT2D eigenvalue weighted by Gasteiger charge is -2.16. The largest absolute Gasteiger partial charge is 0.331 e. The number of hydrogen-bond acceptors (Lipinski definition) is 2. The van der Waals surface area contributed by atoms with Crippen molar-refractivity contribution >= 4 is 23.3 Å². The van der Waals surface area contributed by atoms with Gasteiger partial charge >= 0.3 is 6.03 Å². The minimum atomic E-state index is -0.769.